The molecule has 5 heteroatoms. The van der Waals surface area contributed by atoms with Crippen LogP contribution in [0.2, 0.25) is 5.02 Å². The molecular weight excluding hydrogens is 254 g/mol. The highest BCUT2D eigenvalue weighted by Gasteiger charge is 2.07. The van der Waals surface area contributed by atoms with Crippen LogP contribution in [-0.2, 0) is 11.3 Å². The lowest BCUT2D eigenvalue weighted by atomic mass is 10.2. The van der Waals surface area contributed by atoms with Crippen LogP contribution in [0.5, 0.6) is 5.75 Å². The Morgan fingerprint density at radius 1 is 1.28 bits per heavy atom. The predicted octanol–water partition coefficient (Wildman–Crippen LogP) is 1.79. The van der Waals surface area contributed by atoms with Crippen molar-refractivity contribution in [3.05, 3.63) is 28.8 Å². The van der Waals surface area contributed by atoms with Crippen molar-refractivity contribution in [3.8, 4) is 5.75 Å². The van der Waals surface area contributed by atoms with Crippen LogP contribution in [0, 0.1) is 0 Å². The molecule has 0 aromatic heterocycles. The van der Waals surface area contributed by atoms with Gasteiger partial charge in [0.05, 0.1) is 25.3 Å². The first-order valence-electron chi connectivity index (χ1n) is 5.85. The second kappa shape index (κ2) is 8.32. The SMILES string of the molecule is COCCN(CCO)Cc1ccc(OC)c(Cl)c1. The van der Waals surface area contributed by atoms with Crippen molar-refractivity contribution in [1.29, 1.82) is 0 Å². The van der Waals surface area contributed by atoms with Gasteiger partial charge in [0.1, 0.15) is 5.75 Å². The van der Waals surface area contributed by atoms with Crippen molar-refractivity contribution in [2.45, 2.75) is 6.54 Å². The van der Waals surface area contributed by atoms with Gasteiger partial charge in [-0.15, -0.1) is 0 Å². The normalized spacial score (nSPS) is 10.9. The lowest BCUT2D eigenvalue weighted by molar-refractivity contribution is 0.127. The van der Waals surface area contributed by atoms with Crippen LogP contribution >= 0.6 is 11.6 Å². The van der Waals surface area contributed by atoms with Gasteiger partial charge in [0, 0.05) is 26.7 Å². The molecule has 0 amide bonds. The Morgan fingerprint density at radius 3 is 2.61 bits per heavy atom. The first-order chi connectivity index (χ1) is 8.71. The molecule has 102 valence electrons. The molecule has 0 unspecified atom stereocenters. The average molecular weight is 274 g/mol. The summed E-state index contributed by atoms with van der Waals surface area (Å²) in [5.74, 6) is 0.672. The summed E-state index contributed by atoms with van der Waals surface area (Å²) in [6, 6.07) is 5.71. The van der Waals surface area contributed by atoms with Crippen molar-refractivity contribution in [1.82, 2.24) is 4.90 Å². The van der Waals surface area contributed by atoms with Crippen molar-refractivity contribution in [2.75, 3.05) is 40.5 Å². The Labute approximate surface area is 113 Å². The molecule has 0 fully saturated rings. The zero-order valence-corrected chi connectivity index (χ0v) is 11.6. The molecule has 1 N–H and O–H groups in total. The molecule has 0 radical (unpaired) electrons. The Kier molecular flexibility index (Phi) is 7.05. The molecule has 1 aromatic carbocycles. The van der Waals surface area contributed by atoms with Crippen molar-refractivity contribution < 1.29 is 14.6 Å². The number of hydrogen-bond acceptors (Lipinski definition) is 4. The number of ether oxygens (including phenoxy) is 2. The van der Waals surface area contributed by atoms with Gasteiger partial charge in [-0.1, -0.05) is 17.7 Å². The minimum atomic E-state index is 0.133. The minimum Gasteiger partial charge on any atom is -0.495 e. The van der Waals surface area contributed by atoms with E-state index in [0.717, 1.165) is 18.7 Å². The first kappa shape index (κ1) is 15.2. The van der Waals surface area contributed by atoms with Crippen LogP contribution in [0.1, 0.15) is 5.56 Å². The van der Waals surface area contributed by atoms with Crippen LogP contribution in [0.15, 0.2) is 18.2 Å². The van der Waals surface area contributed by atoms with E-state index < -0.39 is 0 Å². The molecule has 4 nitrogen and oxygen atoms in total. The molecule has 0 aliphatic rings. The van der Waals surface area contributed by atoms with Gasteiger partial charge in [-0.3, -0.25) is 4.90 Å². The molecule has 1 aromatic rings. The quantitative estimate of drug-likeness (QED) is 0.784. The van der Waals surface area contributed by atoms with Gasteiger partial charge in [0.25, 0.3) is 0 Å². The van der Waals surface area contributed by atoms with Gasteiger partial charge in [-0.05, 0) is 17.7 Å². The van der Waals surface area contributed by atoms with Gasteiger partial charge in [0.15, 0.2) is 0 Å². The largest absolute Gasteiger partial charge is 0.495 e. The fourth-order valence-electron chi connectivity index (χ4n) is 1.70. The summed E-state index contributed by atoms with van der Waals surface area (Å²) >= 11 is 6.08. The molecular formula is C13H20ClNO3. The van der Waals surface area contributed by atoms with Crippen molar-refractivity contribution in [3.63, 3.8) is 0 Å². The zero-order chi connectivity index (χ0) is 13.4. The van der Waals surface area contributed by atoms with E-state index in [9.17, 15) is 0 Å². The molecule has 0 saturated carbocycles. The molecule has 1 rings (SSSR count). The van der Waals surface area contributed by atoms with E-state index in [0.29, 0.717) is 23.9 Å². The van der Waals surface area contributed by atoms with E-state index in [2.05, 4.69) is 4.90 Å². The highest BCUT2D eigenvalue weighted by Crippen LogP contribution is 2.25. The number of aliphatic hydroxyl groups is 1. The van der Waals surface area contributed by atoms with Crippen molar-refractivity contribution >= 4 is 11.6 Å². The Hall–Kier alpha value is -0.810. The zero-order valence-electron chi connectivity index (χ0n) is 10.9. The number of aliphatic hydroxyl groups excluding tert-OH is 1. The Balaban J connectivity index is 2.64. The van der Waals surface area contributed by atoms with E-state index in [-0.39, 0.29) is 6.61 Å². The maximum absolute atomic E-state index is 9.02. The monoisotopic (exact) mass is 273 g/mol. The van der Waals surface area contributed by atoms with E-state index in [1.807, 2.05) is 18.2 Å². The number of nitrogens with zero attached hydrogens (tertiary/aromatic N) is 1. The van der Waals surface area contributed by atoms with Crippen LogP contribution in [0.25, 0.3) is 0 Å². The van der Waals surface area contributed by atoms with Crippen LogP contribution in [0.4, 0.5) is 0 Å². The predicted molar refractivity (Wildman–Crippen MR) is 72.2 cm³/mol. The third-order valence-corrected chi connectivity index (χ3v) is 2.95. The molecule has 0 bridgehead atoms. The minimum absolute atomic E-state index is 0.133. The number of hydrogen-bond donors (Lipinski definition) is 1. The summed E-state index contributed by atoms with van der Waals surface area (Å²) < 4.78 is 10.2. The maximum Gasteiger partial charge on any atom is 0.137 e. The number of rotatable bonds is 8. The lowest BCUT2D eigenvalue weighted by Gasteiger charge is -2.21. The standard InChI is InChI=1S/C13H20ClNO3/c1-17-8-6-15(5-7-16)10-11-3-4-13(18-2)12(14)9-11/h3-4,9,16H,5-8,10H2,1-2H3. The van der Waals surface area contributed by atoms with Crippen molar-refractivity contribution in [2.24, 2.45) is 0 Å². The Morgan fingerprint density at radius 2 is 2.06 bits per heavy atom. The van der Waals surface area contributed by atoms with Gasteiger partial charge >= 0.3 is 0 Å². The smallest absolute Gasteiger partial charge is 0.137 e. The van der Waals surface area contributed by atoms with Gasteiger partial charge < -0.3 is 14.6 Å². The summed E-state index contributed by atoms with van der Waals surface area (Å²) in [6.45, 7) is 2.90. The van der Waals surface area contributed by atoms with Gasteiger partial charge in [-0.2, -0.15) is 0 Å². The number of benzene rings is 1. The first-order valence-corrected chi connectivity index (χ1v) is 6.23. The summed E-state index contributed by atoms with van der Waals surface area (Å²) in [5.41, 5.74) is 1.09. The molecule has 0 aliphatic heterocycles. The Bertz CT molecular complexity index is 360. The second-order valence-electron chi connectivity index (χ2n) is 3.96. The average Bonchev–Trinajstić information content (AvgIpc) is 2.36. The fraction of sp³-hybridized carbons (Fsp3) is 0.538. The molecule has 0 saturated heterocycles. The second-order valence-corrected chi connectivity index (χ2v) is 4.37. The fourth-order valence-corrected chi connectivity index (χ4v) is 1.98. The lowest BCUT2D eigenvalue weighted by Crippen LogP contribution is -2.29. The third-order valence-electron chi connectivity index (χ3n) is 2.65. The molecule has 0 heterocycles. The van der Waals surface area contributed by atoms with Crippen LogP contribution in [0.3, 0.4) is 0 Å². The van der Waals surface area contributed by atoms with Gasteiger partial charge in [-0.25, -0.2) is 0 Å². The molecule has 18 heavy (non-hydrogen) atoms. The summed E-state index contributed by atoms with van der Waals surface area (Å²) in [4.78, 5) is 2.11. The van der Waals surface area contributed by atoms with E-state index in [1.54, 1.807) is 14.2 Å². The topological polar surface area (TPSA) is 41.9 Å². The third kappa shape index (κ3) is 4.82. The van der Waals surface area contributed by atoms with Crippen LogP contribution in [-0.4, -0.2) is 50.5 Å². The highest BCUT2D eigenvalue weighted by atomic mass is 35.5. The van der Waals surface area contributed by atoms with E-state index in [1.165, 1.54) is 0 Å². The summed E-state index contributed by atoms with van der Waals surface area (Å²) in [6.07, 6.45) is 0. The summed E-state index contributed by atoms with van der Waals surface area (Å²) in [7, 11) is 3.26. The highest BCUT2D eigenvalue weighted by molar-refractivity contribution is 6.32. The maximum atomic E-state index is 9.02. The summed E-state index contributed by atoms with van der Waals surface area (Å²) in [5, 5.41) is 9.62. The molecule has 0 aliphatic carbocycles. The number of methoxy groups -OCH3 is 2. The molecule has 0 spiro atoms. The van der Waals surface area contributed by atoms with E-state index in [4.69, 9.17) is 26.2 Å². The number of halogens is 1. The van der Waals surface area contributed by atoms with Gasteiger partial charge in [0.2, 0.25) is 0 Å². The van der Waals surface area contributed by atoms with E-state index >= 15 is 0 Å². The molecule has 0 atom stereocenters. The van der Waals surface area contributed by atoms with Crippen LogP contribution < -0.4 is 4.74 Å².